The SMILES string of the molecule is COc1ccc(O)c([C@H]2C3=CC[C@@H]4C(=O)N(CCc5ccc(O)cc5)C(=O)[C@@H]4[C@@H]3C[C@H]3C(=O)N(CCc4ccc(O)cc4)C(=O)[C@@H]23)c1. The third-order valence-corrected chi connectivity index (χ3v) is 10.5. The molecule has 4 amide bonds. The number of amides is 4. The normalized spacial score (nSPS) is 26.6. The maximum atomic E-state index is 14.2. The van der Waals surface area contributed by atoms with E-state index < -0.39 is 35.5 Å². The molecule has 2 aliphatic carbocycles. The number of phenolic OH excluding ortho intramolecular Hbond substituents is 3. The number of phenols is 3. The van der Waals surface area contributed by atoms with E-state index in [-0.39, 0.29) is 60.4 Å². The molecule has 0 radical (unpaired) electrons. The first kappa shape index (κ1) is 30.5. The summed E-state index contributed by atoms with van der Waals surface area (Å²) in [5, 5.41) is 30.4. The molecule has 10 heteroatoms. The fraction of sp³-hybridized carbons (Fsp3) is 0.351. The number of fused-ring (bicyclic) bond motifs is 4. The van der Waals surface area contributed by atoms with E-state index in [1.807, 2.05) is 6.08 Å². The first-order valence-electron chi connectivity index (χ1n) is 16.0. The molecule has 10 nitrogen and oxygen atoms in total. The number of rotatable bonds is 8. The Balaban J connectivity index is 1.22. The Bertz CT molecular complexity index is 1780. The summed E-state index contributed by atoms with van der Waals surface area (Å²) in [4.78, 5) is 58.6. The van der Waals surface area contributed by atoms with Crippen molar-refractivity contribution in [2.75, 3.05) is 20.2 Å². The number of carbonyl (C=O) groups excluding carboxylic acids is 4. The van der Waals surface area contributed by atoms with Crippen LogP contribution in [0, 0.1) is 29.6 Å². The molecule has 2 saturated heterocycles. The zero-order valence-corrected chi connectivity index (χ0v) is 25.9. The zero-order valence-electron chi connectivity index (χ0n) is 25.9. The number of hydrogen-bond donors (Lipinski definition) is 3. The van der Waals surface area contributed by atoms with Gasteiger partial charge in [0.1, 0.15) is 23.0 Å². The molecule has 2 aliphatic heterocycles. The summed E-state index contributed by atoms with van der Waals surface area (Å²) in [6.07, 6.45) is 3.38. The van der Waals surface area contributed by atoms with Crippen LogP contribution in [-0.4, -0.2) is 68.9 Å². The van der Waals surface area contributed by atoms with Crippen LogP contribution in [0.2, 0.25) is 0 Å². The highest BCUT2D eigenvalue weighted by Gasteiger charge is 2.62. The summed E-state index contributed by atoms with van der Waals surface area (Å²) in [6, 6.07) is 18.1. The number of aromatic hydroxyl groups is 3. The van der Waals surface area contributed by atoms with E-state index >= 15 is 0 Å². The summed E-state index contributed by atoms with van der Waals surface area (Å²) in [5.41, 5.74) is 3.01. The van der Waals surface area contributed by atoms with Crippen molar-refractivity contribution >= 4 is 23.6 Å². The lowest BCUT2D eigenvalue weighted by Crippen LogP contribution is -2.43. The molecule has 3 aromatic carbocycles. The van der Waals surface area contributed by atoms with Gasteiger partial charge >= 0.3 is 0 Å². The lowest BCUT2D eigenvalue weighted by atomic mass is 9.57. The van der Waals surface area contributed by atoms with Gasteiger partial charge in [-0.2, -0.15) is 0 Å². The lowest BCUT2D eigenvalue weighted by Gasteiger charge is -2.44. The first-order chi connectivity index (χ1) is 22.7. The molecule has 1 saturated carbocycles. The average molecular weight is 637 g/mol. The summed E-state index contributed by atoms with van der Waals surface area (Å²) >= 11 is 0. The monoisotopic (exact) mass is 636 g/mol. The molecule has 0 unspecified atom stereocenters. The minimum Gasteiger partial charge on any atom is -0.508 e. The van der Waals surface area contributed by atoms with Crippen LogP contribution in [0.5, 0.6) is 23.0 Å². The van der Waals surface area contributed by atoms with Crippen LogP contribution in [0.15, 0.2) is 78.4 Å². The Kier molecular flexibility index (Phi) is 7.74. The number of likely N-dealkylation sites (tertiary alicyclic amines) is 2. The van der Waals surface area contributed by atoms with Gasteiger partial charge in [-0.1, -0.05) is 35.9 Å². The second-order valence-electron chi connectivity index (χ2n) is 12.9. The van der Waals surface area contributed by atoms with Crippen molar-refractivity contribution < 1.29 is 39.2 Å². The smallest absolute Gasteiger partial charge is 0.234 e. The molecule has 3 fully saturated rings. The number of imide groups is 2. The third-order valence-electron chi connectivity index (χ3n) is 10.5. The molecular weight excluding hydrogens is 600 g/mol. The van der Waals surface area contributed by atoms with E-state index in [1.165, 1.54) is 23.0 Å². The molecule has 4 aliphatic rings. The predicted octanol–water partition coefficient (Wildman–Crippen LogP) is 3.93. The molecule has 0 aromatic heterocycles. The van der Waals surface area contributed by atoms with Crippen molar-refractivity contribution in [1.29, 1.82) is 0 Å². The molecule has 242 valence electrons. The third kappa shape index (κ3) is 5.21. The Morgan fingerprint density at radius 2 is 1.23 bits per heavy atom. The fourth-order valence-corrected chi connectivity index (χ4v) is 8.22. The van der Waals surface area contributed by atoms with Gasteiger partial charge in [0.25, 0.3) is 0 Å². The van der Waals surface area contributed by atoms with Crippen LogP contribution in [0.1, 0.15) is 35.4 Å². The highest BCUT2D eigenvalue weighted by Crippen LogP contribution is 2.59. The van der Waals surface area contributed by atoms with Crippen LogP contribution < -0.4 is 4.74 Å². The molecule has 3 aromatic rings. The molecule has 3 N–H and O–H groups in total. The lowest BCUT2D eigenvalue weighted by molar-refractivity contribution is -0.142. The quantitative estimate of drug-likeness (QED) is 0.249. The predicted molar refractivity (Wildman–Crippen MR) is 169 cm³/mol. The fourth-order valence-electron chi connectivity index (χ4n) is 8.22. The van der Waals surface area contributed by atoms with Crippen LogP contribution in [-0.2, 0) is 32.0 Å². The van der Waals surface area contributed by atoms with Gasteiger partial charge in [0.15, 0.2) is 0 Å². The second-order valence-corrected chi connectivity index (χ2v) is 12.9. The number of hydrogen-bond acceptors (Lipinski definition) is 8. The van der Waals surface area contributed by atoms with E-state index in [4.69, 9.17) is 4.74 Å². The number of carbonyl (C=O) groups is 4. The van der Waals surface area contributed by atoms with E-state index in [0.29, 0.717) is 30.6 Å². The maximum Gasteiger partial charge on any atom is 0.234 e. The number of nitrogens with zero attached hydrogens (tertiary/aromatic N) is 2. The maximum absolute atomic E-state index is 14.2. The Hall–Kier alpha value is -5.12. The van der Waals surface area contributed by atoms with Gasteiger partial charge in [-0.15, -0.1) is 0 Å². The van der Waals surface area contributed by atoms with Crippen molar-refractivity contribution in [2.24, 2.45) is 29.6 Å². The van der Waals surface area contributed by atoms with Crippen molar-refractivity contribution in [3.63, 3.8) is 0 Å². The van der Waals surface area contributed by atoms with Crippen LogP contribution >= 0.6 is 0 Å². The van der Waals surface area contributed by atoms with E-state index in [1.54, 1.807) is 60.7 Å². The molecule has 47 heavy (non-hydrogen) atoms. The minimum absolute atomic E-state index is 0.0367. The van der Waals surface area contributed by atoms with Crippen LogP contribution in [0.4, 0.5) is 0 Å². The number of benzene rings is 3. The molecule has 6 atom stereocenters. The first-order valence-corrected chi connectivity index (χ1v) is 16.0. The summed E-state index contributed by atoms with van der Waals surface area (Å²) in [6.45, 7) is 0.358. The number of ether oxygens (including phenoxy) is 1. The van der Waals surface area contributed by atoms with Gasteiger partial charge in [-0.25, -0.2) is 0 Å². The van der Waals surface area contributed by atoms with Gasteiger partial charge in [-0.05, 0) is 85.2 Å². The van der Waals surface area contributed by atoms with E-state index in [0.717, 1.165) is 16.7 Å². The largest absolute Gasteiger partial charge is 0.508 e. The highest BCUT2D eigenvalue weighted by molar-refractivity contribution is 6.08. The molecule has 0 bridgehead atoms. The van der Waals surface area contributed by atoms with E-state index in [9.17, 15) is 34.5 Å². The van der Waals surface area contributed by atoms with Crippen LogP contribution in [0.3, 0.4) is 0 Å². The Morgan fingerprint density at radius 3 is 1.81 bits per heavy atom. The summed E-state index contributed by atoms with van der Waals surface area (Å²) < 4.78 is 5.47. The van der Waals surface area contributed by atoms with Crippen LogP contribution in [0.25, 0.3) is 0 Å². The molecule has 0 spiro atoms. The second kappa shape index (κ2) is 11.9. The van der Waals surface area contributed by atoms with Gasteiger partial charge in [0.05, 0.1) is 30.8 Å². The van der Waals surface area contributed by atoms with Gasteiger partial charge in [0.2, 0.25) is 23.6 Å². The van der Waals surface area contributed by atoms with Gasteiger partial charge in [0, 0.05) is 24.6 Å². The minimum atomic E-state index is -0.780. The van der Waals surface area contributed by atoms with Crippen molar-refractivity contribution in [3.8, 4) is 23.0 Å². The Morgan fingerprint density at radius 1 is 0.681 bits per heavy atom. The summed E-state index contributed by atoms with van der Waals surface area (Å²) in [5.74, 6) is -4.32. The van der Waals surface area contributed by atoms with Gasteiger partial charge < -0.3 is 20.1 Å². The number of methoxy groups -OCH3 is 1. The van der Waals surface area contributed by atoms with E-state index in [2.05, 4.69) is 0 Å². The Labute approximate surface area is 271 Å². The molecule has 7 rings (SSSR count). The summed E-state index contributed by atoms with van der Waals surface area (Å²) in [7, 11) is 1.51. The topological polar surface area (TPSA) is 145 Å². The van der Waals surface area contributed by atoms with Crippen molar-refractivity contribution in [3.05, 3.63) is 95.1 Å². The molecular formula is C37H36N2O8. The standard InChI is InChI=1S/C37H36N2O8/c1-47-24-10-13-30(42)28(18-24)31-25-11-12-26-32(36(45)38(34(26)43)16-14-20-2-6-22(40)7-3-20)27(25)19-29-33(31)37(46)39(35(29)44)17-15-21-4-8-23(41)9-5-21/h2-11,13,18,26-27,29,31-33,40-42H,12,14-17,19H2,1H3/t26-,27+,29+,31+,32-,33+/m0/s1. The zero-order chi connectivity index (χ0) is 33.0. The van der Waals surface area contributed by atoms with Crippen molar-refractivity contribution in [1.82, 2.24) is 9.80 Å². The van der Waals surface area contributed by atoms with Crippen molar-refractivity contribution in [2.45, 2.75) is 31.6 Å². The van der Waals surface area contributed by atoms with Gasteiger partial charge in [-0.3, -0.25) is 29.0 Å². The average Bonchev–Trinajstić information content (AvgIpc) is 3.46. The highest BCUT2D eigenvalue weighted by atomic mass is 16.5. The molecule has 2 heterocycles. The number of allylic oxidation sites excluding steroid dienone is 2.